The molecule has 0 saturated heterocycles. The Morgan fingerprint density at radius 2 is 1.89 bits per heavy atom. The van der Waals surface area contributed by atoms with E-state index in [1.807, 2.05) is 24.3 Å². The minimum absolute atomic E-state index is 0.363. The van der Waals surface area contributed by atoms with Gasteiger partial charge in [-0.15, -0.1) is 0 Å². The Balaban J connectivity index is 2.50. The molecule has 0 aliphatic rings. The van der Waals surface area contributed by atoms with Gasteiger partial charge in [-0.1, -0.05) is 29.8 Å². The molecule has 1 unspecified atom stereocenters. The molecule has 0 fully saturated rings. The third-order valence-corrected chi connectivity index (χ3v) is 4.79. The quantitative estimate of drug-likeness (QED) is 0.522. The van der Waals surface area contributed by atoms with Crippen LogP contribution in [-0.4, -0.2) is 0 Å². The fraction of sp³-hybridized carbons (Fsp3) is 0.0769. The van der Waals surface area contributed by atoms with Gasteiger partial charge < -0.3 is 5.73 Å². The van der Waals surface area contributed by atoms with E-state index in [0.29, 0.717) is 15.1 Å². The van der Waals surface area contributed by atoms with Gasteiger partial charge in [-0.2, -0.15) is 0 Å². The van der Waals surface area contributed by atoms with Crippen LogP contribution in [0.5, 0.6) is 0 Å². The number of hydrogen-bond acceptors (Lipinski definition) is 1. The van der Waals surface area contributed by atoms with Gasteiger partial charge in [0.2, 0.25) is 0 Å². The second kappa shape index (κ2) is 5.86. The molecule has 2 aromatic carbocycles. The predicted molar refractivity (Wildman–Crippen MR) is 84.3 cm³/mol. The fourth-order valence-corrected chi connectivity index (χ4v) is 2.88. The molecule has 5 heteroatoms. The van der Waals surface area contributed by atoms with Crippen LogP contribution in [0.2, 0.25) is 5.02 Å². The maximum Gasteiger partial charge on any atom is 0.129 e. The number of benzene rings is 2. The van der Waals surface area contributed by atoms with E-state index in [4.69, 9.17) is 17.3 Å². The van der Waals surface area contributed by atoms with Crippen molar-refractivity contribution in [2.75, 3.05) is 0 Å². The van der Waals surface area contributed by atoms with Gasteiger partial charge in [0.1, 0.15) is 5.82 Å². The Bertz CT molecular complexity index is 591. The highest BCUT2D eigenvalue weighted by Crippen LogP contribution is 2.31. The molecular formula is C13H9BrClFIN. The lowest BCUT2D eigenvalue weighted by molar-refractivity contribution is 0.598. The molecule has 1 nitrogen and oxygen atoms in total. The lowest BCUT2D eigenvalue weighted by Crippen LogP contribution is -2.15. The molecule has 2 aromatic rings. The molecule has 1 atom stereocenters. The van der Waals surface area contributed by atoms with Gasteiger partial charge >= 0.3 is 0 Å². The zero-order valence-corrected chi connectivity index (χ0v) is 13.6. The smallest absolute Gasteiger partial charge is 0.129 e. The Morgan fingerprint density at radius 1 is 1.22 bits per heavy atom. The molecular weight excluding hydrogens is 431 g/mol. The van der Waals surface area contributed by atoms with Crippen molar-refractivity contribution in [2.24, 2.45) is 5.73 Å². The zero-order chi connectivity index (χ0) is 13.3. The minimum Gasteiger partial charge on any atom is -0.320 e. The Hall–Kier alpha value is -0.170. The van der Waals surface area contributed by atoms with Gasteiger partial charge in [-0.25, -0.2) is 4.39 Å². The average Bonchev–Trinajstić information content (AvgIpc) is 2.33. The molecule has 0 spiro atoms. The number of hydrogen-bond donors (Lipinski definition) is 1. The summed E-state index contributed by atoms with van der Waals surface area (Å²) < 4.78 is 15.5. The highest BCUT2D eigenvalue weighted by Gasteiger charge is 2.17. The molecule has 0 bridgehead atoms. The zero-order valence-electron chi connectivity index (χ0n) is 9.13. The summed E-state index contributed by atoms with van der Waals surface area (Å²) in [6.45, 7) is 0. The number of rotatable bonds is 2. The largest absolute Gasteiger partial charge is 0.320 e. The molecule has 2 N–H and O–H groups in total. The summed E-state index contributed by atoms with van der Waals surface area (Å²) in [5, 5.41) is 0.452. The summed E-state index contributed by atoms with van der Waals surface area (Å²) in [7, 11) is 0. The van der Waals surface area contributed by atoms with Gasteiger partial charge in [0.15, 0.2) is 0 Å². The lowest BCUT2D eigenvalue weighted by Gasteiger charge is -2.16. The van der Waals surface area contributed by atoms with Crippen molar-refractivity contribution in [3.8, 4) is 0 Å². The van der Waals surface area contributed by atoms with E-state index < -0.39 is 6.04 Å². The summed E-state index contributed by atoms with van der Waals surface area (Å²) in [6.07, 6.45) is 0. The molecule has 0 heterocycles. The van der Waals surface area contributed by atoms with Crippen molar-refractivity contribution in [3.05, 3.63) is 66.4 Å². The van der Waals surface area contributed by atoms with Gasteiger partial charge in [-0.05, 0) is 62.3 Å². The SMILES string of the molecule is NC(c1cc(Cl)c(Br)cc1F)c1ccccc1I. The van der Waals surface area contributed by atoms with Crippen LogP contribution in [0.1, 0.15) is 17.2 Å². The molecule has 0 aliphatic heterocycles. The van der Waals surface area contributed by atoms with Crippen LogP contribution in [0.3, 0.4) is 0 Å². The Kier molecular flexibility index (Phi) is 4.64. The van der Waals surface area contributed by atoms with Gasteiger partial charge in [0.05, 0.1) is 11.1 Å². The average molecular weight is 440 g/mol. The van der Waals surface area contributed by atoms with Crippen molar-refractivity contribution in [2.45, 2.75) is 6.04 Å². The van der Waals surface area contributed by atoms with Crippen molar-refractivity contribution in [1.29, 1.82) is 0 Å². The van der Waals surface area contributed by atoms with Crippen LogP contribution in [0.25, 0.3) is 0 Å². The van der Waals surface area contributed by atoms with Crippen LogP contribution < -0.4 is 5.73 Å². The van der Waals surface area contributed by atoms with Crippen molar-refractivity contribution in [3.63, 3.8) is 0 Å². The summed E-state index contributed by atoms with van der Waals surface area (Å²) >= 11 is 11.4. The molecule has 0 aromatic heterocycles. The van der Waals surface area contributed by atoms with E-state index in [2.05, 4.69) is 38.5 Å². The van der Waals surface area contributed by atoms with Gasteiger partial charge in [0.25, 0.3) is 0 Å². The van der Waals surface area contributed by atoms with E-state index in [9.17, 15) is 4.39 Å². The third-order valence-electron chi connectivity index (χ3n) is 2.61. The summed E-state index contributed by atoms with van der Waals surface area (Å²) in [6, 6.07) is 10.0. The van der Waals surface area contributed by atoms with Gasteiger partial charge in [0, 0.05) is 13.6 Å². The first-order chi connectivity index (χ1) is 8.50. The second-order valence-electron chi connectivity index (χ2n) is 3.79. The third kappa shape index (κ3) is 2.87. The second-order valence-corrected chi connectivity index (χ2v) is 6.21. The van der Waals surface area contributed by atoms with Gasteiger partial charge in [-0.3, -0.25) is 0 Å². The van der Waals surface area contributed by atoms with Crippen molar-refractivity contribution < 1.29 is 4.39 Å². The van der Waals surface area contributed by atoms with E-state index in [0.717, 1.165) is 9.13 Å². The number of halogens is 4. The molecule has 0 saturated carbocycles. The van der Waals surface area contributed by atoms with E-state index in [1.54, 1.807) is 6.07 Å². The molecule has 0 amide bonds. The normalized spacial score (nSPS) is 12.5. The maximum absolute atomic E-state index is 13.9. The molecule has 2 rings (SSSR count). The van der Waals surface area contributed by atoms with Crippen molar-refractivity contribution in [1.82, 2.24) is 0 Å². The Morgan fingerprint density at radius 3 is 2.56 bits per heavy atom. The maximum atomic E-state index is 13.9. The van der Waals surface area contributed by atoms with E-state index in [1.165, 1.54) is 6.07 Å². The monoisotopic (exact) mass is 439 g/mol. The number of nitrogens with two attached hydrogens (primary N) is 1. The van der Waals surface area contributed by atoms with Crippen molar-refractivity contribution >= 4 is 50.1 Å². The molecule has 18 heavy (non-hydrogen) atoms. The molecule has 0 radical (unpaired) electrons. The van der Waals surface area contributed by atoms with Crippen LogP contribution in [-0.2, 0) is 0 Å². The molecule has 94 valence electrons. The topological polar surface area (TPSA) is 26.0 Å². The molecule has 0 aliphatic carbocycles. The van der Waals surface area contributed by atoms with E-state index >= 15 is 0 Å². The predicted octanol–water partition coefficient (Wildman–Crippen LogP) is 4.89. The summed E-state index contributed by atoms with van der Waals surface area (Å²) in [5.41, 5.74) is 7.40. The highest BCUT2D eigenvalue weighted by atomic mass is 127. The van der Waals surface area contributed by atoms with E-state index in [-0.39, 0.29) is 5.82 Å². The lowest BCUT2D eigenvalue weighted by atomic mass is 9.99. The van der Waals surface area contributed by atoms with Crippen LogP contribution in [0.4, 0.5) is 4.39 Å². The van der Waals surface area contributed by atoms with Crippen LogP contribution in [0, 0.1) is 9.39 Å². The summed E-state index contributed by atoms with van der Waals surface area (Å²) in [4.78, 5) is 0. The Labute approximate surface area is 132 Å². The highest BCUT2D eigenvalue weighted by molar-refractivity contribution is 14.1. The summed E-state index contributed by atoms with van der Waals surface area (Å²) in [5.74, 6) is -0.363. The first kappa shape index (κ1) is 14.2. The first-order valence-corrected chi connectivity index (χ1v) is 7.40. The standard InChI is InChI=1S/C13H9BrClFIN/c14-9-6-11(16)8(5-10(9)15)13(18)7-3-1-2-4-12(7)17/h1-6,13H,18H2. The van der Waals surface area contributed by atoms with Crippen LogP contribution in [0.15, 0.2) is 40.9 Å². The first-order valence-electron chi connectivity index (χ1n) is 5.15. The minimum atomic E-state index is -0.524. The fourth-order valence-electron chi connectivity index (χ4n) is 1.67. The van der Waals surface area contributed by atoms with Crippen LogP contribution >= 0.6 is 50.1 Å².